The fourth-order valence-corrected chi connectivity index (χ4v) is 6.53. The Balaban J connectivity index is 2.17. The lowest BCUT2D eigenvalue weighted by Crippen LogP contribution is -2.34. The molecule has 3 unspecified atom stereocenters. The van der Waals surface area contributed by atoms with Gasteiger partial charge in [0.2, 0.25) is 0 Å². The van der Waals surface area contributed by atoms with Crippen molar-refractivity contribution in [1.82, 2.24) is 0 Å². The van der Waals surface area contributed by atoms with E-state index in [9.17, 15) is 0 Å². The van der Waals surface area contributed by atoms with Crippen molar-refractivity contribution in [3.05, 3.63) is 0 Å². The minimum atomic E-state index is 0.622. The van der Waals surface area contributed by atoms with Gasteiger partial charge in [-0.25, -0.2) is 0 Å². The van der Waals surface area contributed by atoms with Crippen LogP contribution in [0, 0.1) is 11.3 Å². The molecule has 0 aromatic heterocycles. The molecule has 2 heterocycles. The molecule has 3 atom stereocenters. The summed E-state index contributed by atoms with van der Waals surface area (Å²) in [6.45, 7) is 7.28. The standard InChI is InChI=1S/C10H18S2/c1-7(2)10(3)6-12-8-4-5-11-9(8)10/h7-9H,4-6H2,1-3H3. The lowest BCUT2D eigenvalue weighted by Gasteiger charge is -2.33. The van der Waals surface area contributed by atoms with Gasteiger partial charge < -0.3 is 0 Å². The van der Waals surface area contributed by atoms with Gasteiger partial charge in [-0.1, -0.05) is 20.8 Å². The number of hydrogen-bond donors (Lipinski definition) is 0. The SMILES string of the molecule is CC(C)C1(C)CSC2CCSC21. The Morgan fingerprint density at radius 1 is 1.33 bits per heavy atom. The van der Waals surface area contributed by atoms with Gasteiger partial charge in [-0.3, -0.25) is 0 Å². The number of thioether (sulfide) groups is 2. The normalized spacial score (nSPS) is 47.0. The van der Waals surface area contributed by atoms with E-state index in [4.69, 9.17) is 0 Å². The topological polar surface area (TPSA) is 0 Å². The summed E-state index contributed by atoms with van der Waals surface area (Å²) >= 11 is 4.45. The fraction of sp³-hybridized carbons (Fsp3) is 1.00. The zero-order valence-electron chi connectivity index (χ0n) is 8.17. The van der Waals surface area contributed by atoms with Crippen molar-refractivity contribution < 1.29 is 0 Å². The Hall–Kier alpha value is 0.700. The van der Waals surface area contributed by atoms with Gasteiger partial charge in [0.1, 0.15) is 0 Å². The molecular formula is C10H18S2. The van der Waals surface area contributed by atoms with Crippen LogP contribution in [0.3, 0.4) is 0 Å². The van der Waals surface area contributed by atoms with Crippen LogP contribution in [0.5, 0.6) is 0 Å². The van der Waals surface area contributed by atoms with Crippen molar-refractivity contribution in [2.24, 2.45) is 11.3 Å². The summed E-state index contributed by atoms with van der Waals surface area (Å²) < 4.78 is 0. The van der Waals surface area contributed by atoms with Gasteiger partial charge in [-0.05, 0) is 23.5 Å². The number of rotatable bonds is 1. The predicted molar refractivity (Wildman–Crippen MR) is 60.1 cm³/mol. The molecule has 70 valence electrons. The lowest BCUT2D eigenvalue weighted by atomic mass is 9.77. The second kappa shape index (κ2) is 3.13. The molecule has 12 heavy (non-hydrogen) atoms. The van der Waals surface area contributed by atoms with Gasteiger partial charge in [0.15, 0.2) is 0 Å². The molecule has 0 bridgehead atoms. The van der Waals surface area contributed by atoms with Gasteiger partial charge >= 0.3 is 0 Å². The van der Waals surface area contributed by atoms with Crippen molar-refractivity contribution in [3.8, 4) is 0 Å². The van der Waals surface area contributed by atoms with Crippen LogP contribution in [0.4, 0.5) is 0 Å². The first-order valence-corrected chi connectivity index (χ1v) is 6.97. The maximum atomic E-state index is 2.49. The van der Waals surface area contributed by atoms with Crippen LogP contribution in [-0.4, -0.2) is 22.0 Å². The van der Waals surface area contributed by atoms with Gasteiger partial charge in [0.05, 0.1) is 0 Å². The van der Waals surface area contributed by atoms with Crippen molar-refractivity contribution >= 4 is 23.5 Å². The molecule has 0 amide bonds. The molecule has 0 saturated carbocycles. The molecule has 2 rings (SSSR count). The van der Waals surface area contributed by atoms with E-state index in [0.29, 0.717) is 5.41 Å². The molecule has 0 spiro atoms. The van der Waals surface area contributed by atoms with Gasteiger partial charge in [0.25, 0.3) is 0 Å². The smallest absolute Gasteiger partial charge is 0.0230 e. The highest BCUT2D eigenvalue weighted by Gasteiger charge is 2.49. The van der Waals surface area contributed by atoms with E-state index >= 15 is 0 Å². The molecule has 2 heteroatoms. The molecule has 2 fully saturated rings. The van der Waals surface area contributed by atoms with E-state index in [-0.39, 0.29) is 0 Å². The van der Waals surface area contributed by atoms with Crippen molar-refractivity contribution in [2.75, 3.05) is 11.5 Å². The summed E-state index contributed by atoms with van der Waals surface area (Å²) in [6.07, 6.45) is 1.46. The average molecular weight is 202 g/mol. The van der Waals surface area contributed by atoms with Gasteiger partial charge in [0, 0.05) is 16.3 Å². The molecule has 0 nitrogen and oxygen atoms in total. The van der Waals surface area contributed by atoms with Crippen LogP contribution in [0.15, 0.2) is 0 Å². The molecule has 0 aliphatic carbocycles. The zero-order valence-corrected chi connectivity index (χ0v) is 9.80. The first kappa shape index (κ1) is 9.26. The van der Waals surface area contributed by atoms with Crippen molar-refractivity contribution in [3.63, 3.8) is 0 Å². The highest BCUT2D eigenvalue weighted by molar-refractivity contribution is 8.05. The van der Waals surface area contributed by atoms with Crippen LogP contribution in [0.25, 0.3) is 0 Å². The predicted octanol–water partition coefficient (Wildman–Crippen LogP) is 3.27. The maximum Gasteiger partial charge on any atom is 0.0230 e. The van der Waals surface area contributed by atoms with Crippen molar-refractivity contribution in [2.45, 2.75) is 37.7 Å². The quantitative estimate of drug-likeness (QED) is 0.640. The lowest BCUT2D eigenvalue weighted by molar-refractivity contribution is 0.261. The van der Waals surface area contributed by atoms with E-state index in [2.05, 4.69) is 44.3 Å². The third kappa shape index (κ3) is 1.22. The summed E-state index contributed by atoms with van der Waals surface area (Å²) in [5, 5.41) is 1.95. The van der Waals surface area contributed by atoms with Crippen LogP contribution >= 0.6 is 23.5 Å². The highest BCUT2D eigenvalue weighted by atomic mass is 32.2. The van der Waals surface area contributed by atoms with Crippen LogP contribution in [0.1, 0.15) is 27.2 Å². The van der Waals surface area contributed by atoms with E-state index in [0.717, 1.165) is 16.4 Å². The van der Waals surface area contributed by atoms with Crippen molar-refractivity contribution in [1.29, 1.82) is 0 Å². The summed E-state index contributed by atoms with van der Waals surface area (Å²) in [5.74, 6) is 3.66. The molecule has 0 N–H and O–H groups in total. The summed E-state index contributed by atoms with van der Waals surface area (Å²) in [5.41, 5.74) is 0.622. The Bertz CT molecular complexity index is 179. The summed E-state index contributed by atoms with van der Waals surface area (Å²) in [4.78, 5) is 0. The average Bonchev–Trinajstić information content (AvgIpc) is 2.54. The van der Waals surface area contributed by atoms with E-state index in [1.807, 2.05) is 0 Å². The van der Waals surface area contributed by atoms with Crippen LogP contribution < -0.4 is 0 Å². The zero-order chi connectivity index (χ0) is 8.77. The molecular weight excluding hydrogens is 184 g/mol. The Morgan fingerprint density at radius 2 is 2.08 bits per heavy atom. The summed E-state index contributed by atoms with van der Waals surface area (Å²) in [6, 6.07) is 0. The summed E-state index contributed by atoms with van der Waals surface area (Å²) in [7, 11) is 0. The Kier molecular flexibility index (Phi) is 2.41. The van der Waals surface area contributed by atoms with E-state index in [1.54, 1.807) is 0 Å². The van der Waals surface area contributed by atoms with Crippen LogP contribution in [0.2, 0.25) is 0 Å². The number of hydrogen-bond acceptors (Lipinski definition) is 2. The largest absolute Gasteiger partial charge is 0.157 e. The third-order valence-corrected chi connectivity index (χ3v) is 7.21. The minimum Gasteiger partial charge on any atom is -0.157 e. The Labute approximate surface area is 84.3 Å². The number of fused-ring (bicyclic) bond motifs is 1. The second-order valence-electron chi connectivity index (χ2n) is 4.59. The molecule has 2 aliphatic heterocycles. The third-order valence-electron chi connectivity index (χ3n) is 3.61. The first-order chi connectivity index (χ1) is 5.64. The molecule has 2 saturated heterocycles. The minimum absolute atomic E-state index is 0.622. The van der Waals surface area contributed by atoms with E-state index < -0.39 is 0 Å². The molecule has 2 aliphatic rings. The van der Waals surface area contributed by atoms with Crippen LogP contribution in [-0.2, 0) is 0 Å². The van der Waals surface area contributed by atoms with Gasteiger partial charge in [-0.2, -0.15) is 23.5 Å². The Morgan fingerprint density at radius 3 is 2.75 bits per heavy atom. The first-order valence-electron chi connectivity index (χ1n) is 4.88. The molecule has 0 aromatic rings. The fourth-order valence-electron chi connectivity index (χ4n) is 2.22. The van der Waals surface area contributed by atoms with E-state index in [1.165, 1.54) is 17.9 Å². The molecule has 0 radical (unpaired) electrons. The monoisotopic (exact) mass is 202 g/mol. The highest BCUT2D eigenvalue weighted by Crippen LogP contribution is 2.55. The van der Waals surface area contributed by atoms with Gasteiger partial charge in [-0.15, -0.1) is 0 Å². The maximum absolute atomic E-state index is 2.49. The second-order valence-corrected chi connectivity index (χ2v) is 7.07. The molecule has 0 aromatic carbocycles.